The molecule has 0 unspecified atom stereocenters. The molecule has 0 atom stereocenters. The number of nitrogens with one attached hydrogen (secondary N) is 1. The van der Waals surface area contributed by atoms with Crippen LogP contribution in [0.1, 0.15) is 32.3 Å². The summed E-state index contributed by atoms with van der Waals surface area (Å²) in [5.74, 6) is 0.588. The molecule has 19 heavy (non-hydrogen) atoms. The molecule has 3 nitrogen and oxygen atoms in total. The summed E-state index contributed by atoms with van der Waals surface area (Å²) in [4.78, 5) is 11.5. The normalized spacial score (nSPS) is 10.7. The number of hydrogen-bond acceptors (Lipinski definition) is 3. The molecule has 1 N–H and O–H groups in total. The maximum atomic E-state index is 11.5. The first-order valence-electron chi connectivity index (χ1n) is 7.08. The Labute approximate surface area is 116 Å². The molecule has 1 rings (SSSR count). The lowest BCUT2D eigenvalue weighted by Crippen LogP contribution is -2.20. The molecule has 0 saturated carbocycles. The Bertz CT molecular complexity index is 349. The van der Waals surface area contributed by atoms with Gasteiger partial charge in [-0.3, -0.25) is 4.79 Å². The van der Waals surface area contributed by atoms with E-state index in [1.807, 2.05) is 30.3 Å². The quantitative estimate of drug-likeness (QED) is 0.550. The first-order valence-corrected chi connectivity index (χ1v) is 7.08. The fourth-order valence-corrected chi connectivity index (χ4v) is 1.71. The maximum absolute atomic E-state index is 11.5. The molecule has 1 aromatic carbocycles. The van der Waals surface area contributed by atoms with Crippen LogP contribution >= 0.6 is 0 Å². The van der Waals surface area contributed by atoms with Gasteiger partial charge >= 0.3 is 5.97 Å². The summed E-state index contributed by atoms with van der Waals surface area (Å²) in [7, 11) is 0. The topological polar surface area (TPSA) is 38.3 Å². The van der Waals surface area contributed by atoms with Crippen LogP contribution in [-0.2, 0) is 16.0 Å². The van der Waals surface area contributed by atoms with Crippen molar-refractivity contribution in [2.75, 3.05) is 19.7 Å². The third kappa shape index (κ3) is 8.38. The molecule has 0 aliphatic carbocycles. The third-order valence-corrected chi connectivity index (χ3v) is 2.85. The van der Waals surface area contributed by atoms with Gasteiger partial charge in [-0.25, -0.2) is 0 Å². The zero-order valence-corrected chi connectivity index (χ0v) is 12.0. The molecule has 0 heterocycles. The predicted molar refractivity (Wildman–Crippen MR) is 78.0 cm³/mol. The van der Waals surface area contributed by atoms with Gasteiger partial charge in [-0.15, -0.1) is 0 Å². The Kier molecular flexibility index (Phi) is 7.91. The highest BCUT2D eigenvalue weighted by molar-refractivity contribution is 5.72. The average molecular weight is 263 g/mol. The van der Waals surface area contributed by atoms with Crippen molar-refractivity contribution in [3.05, 3.63) is 35.9 Å². The Hall–Kier alpha value is -1.35. The van der Waals surface area contributed by atoms with E-state index in [4.69, 9.17) is 4.74 Å². The van der Waals surface area contributed by atoms with Gasteiger partial charge in [0.2, 0.25) is 0 Å². The minimum absolute atomic E-state index is 0.145. The molecule has 106 valence electrons. The highest BCUT2D eigenvalue weighted by Gasteiger charge is 2.03. The first kappa shape index (κ1) is 15.7. The number of carbonyl (C=O) groups excluding carboxylic acids is 1. The van der Waals surface area contributed by atoms with E-state index in [1.165, 1.54) is 6.42 Å². The standard InChI is InChI=1S/C16H25NO2/c1-14(2)9-11-17-10-6-12-19-16(18)13-15-7-4-3-5-8-15/h3-5,7-8,14,17H,6,9-13H2,1-2H3. The molecule has 0 spiro atoms. The van der Waals surface area contributed by atoms with E-state index in [9.17, 15) is 4.79 Å². The summed E-state index contributed by atoms with van der Waals surface area (Å²) in [6, 6.07) is 9.68. The van der Waals surface area contributed by atoms with Crippen LogP contribution in [0.4, 0.5) is 0 Å². The Balaban J connectivity index is 1.99. The van der Waals surface area contributed by atoms with Crippen molar-refractivity contribution in [1.29, 1.82) is 0 Å². The van der Waals surface area contributed by atoms with E-state index in [-0.39, 0.29) is 5.97 Å². The second-order valence-corrected chi connectivity index (χ2v) is 5.17. The summed E-state index contributed by atoms with van der Waals surface area (Å²) in [6.45, 7) is 6.88. The van der Waals surface area contributed by atoms with Crippen LogP contribution in [0.5, 0.6) is 0 Å². The van der Waals surface area contributed by atoms with Gasteiger partial charge in [0.1, 0.15) is 0 Å². The van der Waals surface area contributed by atoms with E-state index in [1.54, 1.807) is 0 Å². The third-order valence-electron chi connectivity index (χ3n) is 2.85. The fourth-order valence-electron chi connectivity index (χ4n) is 1.71. The second-order valence-electron chi connectivity index (χ2n) is 5.17. The molecule has 0 amide bonds. The Morgan fingerprint density at radius 2 is 1.95 bits per heavy atom. The monoisotopic (exact) mass is 263 g/mol. The summed E-state index contributed by atoms with van der Waals surface area (Å²) in [5, 5.41) is 3.35. The number of esters is 1. The SMILES string of the molecule is CC(C)CCNCCCOC(=O)Cc1ccccc1. The van der Waals surface area contributed by atoms with Crippen molar-refractivity contribution < 1.29 is 9.53 Å². The second kappa shape index (κ2) is 9.56. The Morgan fingerprint density at radius 3 is 2.63 bits per heavy atom. The van der Waals surface area contributed by atoms with Crippen LogP contribution in [0, 0.1) is 5.92 Å². The summed E-state index contributed by atoms with van der Waals surface area (Å²) in [6.07, 6.45) is 2.42. The van der Waals surface area contributed by atoms with Gasteiger partial charge in [-0.05, 0) is 37.4 Å². The molecule has 0 saturated heterocycles. The molecule has 0 radical (unpaired) electrons. The van der Waals surface area contributed by atoms with Crippen molar-refractivity contribution in [3.8, 4) is 0 Å². The van der Waals surface area contributed by atoms with Crippen molar-refractivity contribution in [2.45, 2.75) is 33.1 Å². The molecule has 0 bridgehead atoms. The maximum Gasteiger partial charge on any atom is 0.310 e. The molecule has 0 fully saturated rings. The lowest BCUT2D eigenvalue weighted by molar-refractivity contribution is -0.142. The van der Waals surface area contributed by atoms with Gasteiger partial charge in [0.05, 0.1) is 13.0 Å². The molecule has 3 heteroatoms. The van der Waals surface area contributed by atoms with Crippen molar-refractivity contribution in [1.82, 2.24) is 5.32 Å². The number of rotatable bonds is 9. The highest BCUT2D eigenvalue weighted by atomic mass is 16.5. The number of ether oxygens (including phenoxy) is 1. The van der Waals surface area contributed by atoms with Crippen molar-refractivity contribution in [3.63, 3.8) is 0 Å². The first-order chi connectivity index (χ1) is 9.18. The average Bonchev–Trinajstić information content (AvgIpc) is 2.38. The van der Waals surface area contributed by atoms with Crippen LogP contribution in [0.3, 0.4) is 0 Å². The zero-order chi connectivity index (χ0) is 13.9. The number of carbonyl (C=O) groups is 1. The van der Waals surface area contributed by atoms with Crippen LogP contribution in [-0.4, -0.2) is 25.7 Å². The van der Waals surface area contributed by atoms with Gasteiger partial charge < -0.3 is 10.1 Å². The lowest BCUT2D eigenvalue weighted by Gasteiger charge is -2.07. The molecule has 0 aromatic heterocycles. The molecule has 1 aromatic rings. The van der Waals surface area contributed by atoms with Crippen LogP contribution in [0.2, 0.25) is 0 Å². The van der Waals surface area contributed by atoms with E-state index >= 15 is 0 Å². The van der Waals surface area contributed by atoms with Crippen LogP contribution in [0.25, 0.3) is 0 Å². The van der Waals surface area contributed by atoms with E-state index in [0.29, 0.717) is 13.0 Å². The number of benzene rings is 1. The van der Waals surface area contributed by atoms with E-state index < -0.39 is 0 Å². The van der Waals surface area contributed by atoms with Gasteiger partial charge in [0, 0.05) is 0 Å². The van der Waals surface area contributed by atoms with Crippen LogP contribution < -0.4 is 5.32 Å². The van der Waals surface area contributed by atoms with Crippen molar-refractivity contribution >= 4 is 5.97 Å². The zero-order valence-electron chi connectivity index (χ0n) is 12.0. The summed E-state index contributed by atoms with van der Waals surface area (Å²) < 4.78 is 5.19. The molecule has 0 aliphatic heterocycles. The van der Waals surface area contributed by atoms with E-state index in [2.05, 4.69) is 19.2 Å². The minimum atomic E-state index is -0.145. The van der Waals surface area contributed by atoms with Crippen LogP contribution in [0.15, 0.2) is 30.3 Å². The van der Waals surface area contributed by atoms with Gasteiger partial charge in [0.15, 0.2) is 0 Å². The molecule has 0 aliphatic rings. The van der Waals surface area contributed by atoms with E-state index in [0.717, 1.165) is 31.0 Å². The lowest BCUT2D eigenvalue weighted by atomic mass is 10.1. The van der Waals surface area contributed by atoms with Gasteiger partial charge in [-0.1, -0.05) is 44.2 Å². The summed E-state index contributed by atoms with van der Waals surface area (Å²) in [5.41, 5.74) is 1.00. The Morgan fingerprint density at radius 1 is 1.21 bits per heavy atom. The van der Waals surface area contributed by atoms with Crippen molar-refractivity contribution in [2.24, 2.45) is 5.92 Å². The van der Waals surface area contributed by atoms with Gasteiger partial charge in [0.25, 0.3) is 0 Å². The number of hydrogen-bond donors (Lipinski definition) is 1. The molecular weight excluding hydrogens is 238 g/mol. The smallest absolute Gasteiger partial charge is 0.310 e. The predicted octanol–water partition coefficient (Wildman–Crippen LogP) is 2.80. The summed E-state index contributed by atoms with van der Waals surface area (Å²) >= 11 is 0. The largest absolute Gasteiger partial charge is 0.465 e. The van der Waals surface area contributed by atoms with Gasteiger partial charge in [-0.2, -0.15) is 0 Å². The highest BCUT2D eigenvalue weighted by Crippen LogP contribution is 2.01. The molecular formula is C16H25NO2. The minimum Gasteiger partial charge on any atom is -0.465 e. The fraction of sp³-hybridized carbons (Fsp3) is 0.562.